The highest BCUT2D eigenvalue weighted by Crippen LogP contribution is 2.31. The molecule has 0 amide bonds. The first-order chi connectivity index (χ1) is 14.2. The average molecular weight is 378 g/mol. The second-order valence-electron chi connectivity index (χ2n) is 6.91. The zero-order chi connectivity index (χ0) is 19.8. The number of hydrogen-bond acceptors (Lipinski definition) is 3. The molecule has 4 aromatic carbocycles. The minimum Gasteiger partial charge on any atom is -0.465 e. The molecule has 0 aliphatic carbocycles. The maximum absolute atomic E-state index is 11.6. The SMILES string of the molecule is COC(=O)c1ccc(-c2ccc3c(-c4nc5ccccc5[nH]4)cccc3c2)cc1. The lowest BCUT2D eigenvalue weighted by molar-refractivity contribution is 0.0601. The molecule has 4 heteroatoms. The molecule has 0 fully saturated rings. The lowest BCUT2D eigenvalue weighted by Gasteiger charge is -2.08. The number of nitrogens with zero attached hydrogens (tertiary/aromatic N) is 1. The summed E-state index contributed by atoms with van der Waals surface area (Å²) in [6, 6.07) is 28.1. The van der Waals surface area contributed by atoms with Crippen molar-refractivity contribution in [2.24, 2.45) is 0 Å². The highest BCUT2D eigenvalue weighted by atomic mass is 16.5. The van der Waals surface area contributed by atoms with Crippen molar-refractivity contribution < 1.29 is 9.53 Å². The van der Waals surface area contributed by atoms with E-state index in [0.29, 0.717) is 5.56 Å². The third-order valence-electron chi connectivity index (χ3n) is 5.16. The number of rotatable bonds is 3. The van der Waals surface area contributed by atoms with Gasteiger partial charge in [0.05, 0.1) is 23.7 Å². The van der Waals surface area contributed by atoms with Gasteiger partial charge in [0.15, 0.2) is 0 Å². The molecular formula is C25H18N2O2. The van der Waals surface area contributed by atoms with E-state index in [4.69, 9.17) is 9.72 Å². The minimum atomic E-state index is -0.328. The van der Waals surface area contributed by atoms with E-state index in [2.05, 4.69) is 41.4 Å². The molecule has 0 spiro atoms. The first-order valence-corrected chi connectivity index (χ1v) is 9.39. The van der Waals surface area contributed by atoms with Crippen LogP contribution in [-0.4, -0.2) is 23.0 Å². The van der Waals surface area contributed by atoms with Crippen LogP contribution in [0.2, 0.25) is 0 Å². The molecule has 0 saturated heterocycles. The number of methoxy groups -OCH3 is 1. The fraction of sp³-hybridized carbons (Fsp3) is 0.0400. The fourth-order valence-corrected chi connectivity index (χ4v) is 3.67. The topological polar surface area (TPSA) is 55.0 Å². The second-order valence-corrected chi connectivity index (χ2v) is 6.91. The smallest absolute Gasteiger partial charge is 0.337 e. The first kappa shape index (κ1) is 17.2. The van der Waals surface area contributed by atoms with Crippen molar-refractivity contribution in [1.82, 2.24) is 9.97 Å². The number of esters is 1. The molecule has 1 aromatic heterocycles. The number of carbonyl (C=O) groups excluding carboxylic acids is 1. The van der Waals surface area contributed by atoms with Crippen molar-refractivity contribution in [3.8, 4) is 22.5 Å². The van der Waals surface area contributed by atoms with E-state index in [-0.39, 0.29) is 5.97 Å². The Morgan fingerprint density at radius 2 is 1.66 bits per heavy atom. The summed E-state index contributed by atoms with van der Waals surface area (Å²) in [5, 5.41) is 2.28. The Labute approximate surface area is 167 Å². The molecule has 0 atom stereocenters. The van der Waals surface area contributed by atoms with Gasteiger partial charge in [0.2, 0.25) is 0 Å². The number of aromatic nitrogens is 2. The van der Waals surface area contributed by atoms with E-state index >= 15 is 0 Å². The van der Waals surface area contributed by atoms with E-state index in [0.717, 1.165) is 44.3 Å². The summed E-state index contributed by atoms with van der Waals surface area (Å²) < 4.78 is 4.77. The van der Waals surface area contributed by atoms with Crippen LogP contribution in [0.25, 0.3) is 44.3 Å². The zero-order valence-electron chi connectivity index (χ0n) is 15.8. The maximum Gasteiger partial charge on any atom is 0.337 e. The summed E-state index contributed by atoms with van der Waals surface area (Å²) in [6.07, 6.45) is 0. The number of H-pyrrole nitrogens is 1. The van der Waals surface area contributed by atoms with Gasteiger partial charge in [-0.1, -0.05) is 54.6 Å². The zero-order valence-corrected chi connectivity index (χ0v) is 15.8. The molecule has 5 aromatic rings. The van der Waals surface area contributed by atoms with Gasteiger partial charge in [-0.15, -0.1) is 0 Å². The Hall–Kier alpha value is -3.92. The summed E-state index contributed by atoms with van der Waals surface area (Å²) in [5.74, 6) is 0.539. The summed E-state index contributed by atoms with van der Waals surface area (Å²) in [5.41, 5.74) is 5.75. The molecule has 29 heavy (non-hydrogen) atoms. The van der Waals surface area contributed by atoms with Crippen molar-refractivity contribution in [2.45, 2.75) is 0 Å². The van der Waals surface area contributed by atoms with Crippen LogP contribution < -0.4 is 0 Å². The molecular weight excluding hydrogens is 360 g/mol. The van der Waals surface area contributed by atoms with E-state index < -0.39 is 0 Å². The van der Waals surface area contributed by atoms with Crippen molar-refractivity contribution >= 4 is 27.8 Å². The Balaban J connectivity index is 1.57. The van der Waals surface area contributed by atoms with Gasteiger partial charge in [-0.3, -0.25) is 0 Å². The van der Waals surface area contributed by atoms with Crippen LogP contribution in [0.3, 0.4) is 0 Å². The fourth-order valence-electron chi connectivity index (χ4n) is 3.67. The number of para-hydroxylation sites is 2. The highest BCUT2D eigenvalue weighted by Gasteiger charge is 2.10. The van der Waals surface area contributed by atoms with Crippen LogP contribution in [0, 0.1) is 0 Å². The summed E-state index contributed by atoms with van der Waals surface area (Å²) in [7, 11) is 1.39. The van der Waals surface area contributed by atoms with Crippen molar-refractivity contribution in [1.29, 1.82) is 0 Å². The predicted octanol–water partition coefficient (Wildman–Crippen LogP) is 5.84. The molecule has 140 valence electrons. The normalized spacial score (nSPS) is 11.1. The summed E-state index contributed by atoms with van der Waals surface area (Å²) in [6.45, 7) is 0. The third-order valence-corrected chi connectivity index (χ3v) is 5.16. The number of fused-ring (bicyclic) bond motifs is 2. The lowest BCUT2D eigenvalue weighted by atomic mass is 9.97. The van der Waals surface area contributed by atoms with Gasteiger partial charge in [-0.2, -0.15) is 0 Å². The average Bonchev–Trinajstić information content (AvgIpc) is 3.22. The summed E-state index contributed by atoms with van der Waals surface area (Å²) >= 11 is 0. The van der Waals surface area contributed by atoms with E-state index in [1.165, 1.54) is 7.11 Å². The molecule has 0 unspecified atom stereocenters. The molecule has 0 saturated carbocycles. The molecule has 0 aliphatic rings. The number of hydrogen-bond donors (Lipinski definition) is 1. The van der Waals surface area contributed by atoms with Gasteiger partial charge in [-0.05, 0) is 52.2 Å². The molecule has 0 bridgehead atoms. The Morgan fingerprint density at radius 3 is 2.45 bits per heavy atom. The molecule has 0 radical (unpaired) electrons. The second kappa shape index (κ2) is 6.91. The number of carbonyl (C=O) groups is 1. The van der Waals surface area contributed by atoms with Crippen molar-refractivity contribution in [3.05, 3.63) is 90.5 Å². The minimum absolute atomic E-state index is 0.328. The Kier molecular flexibility index (Phi) is 4.10. The number of benzene rings is 4. The van der Waals surface area contributed by atoms with Crippen LogP contribution in [-0.2, 0) is 4.74 Å². The lowest BCUT2D eigenvalue weighted by Crippen LogP contribution is -2.00. The van der Waals surface area contributed by atoms with Gasteiger partial charge < -0.3 is 9.72 Å². The van der Waals surface area contributed by atoms with Gasteiger partial charge in [0.1, 0.15) is 5.82 Å². The molecule has 0 aliphatic heterocycles. The largest absolute Gasteiger partial charge is 0.465 e. The number of imidazole rings is 1. The van der Waals surface area contributed by atoms with Crippen molar-refractivity contribution in [3.63, 3.8) is 0 Å². The van der Waals surface area contributed by atoms with Crippen LogP contribution in [0.15, 0.2) is 84.9 Å². The van der Waals surface area contributed by atoms with E-state index in [9.17, 15) is 4.79 Å². The molecule has 1 N–H and O–H groups in total. The third kappa shape index (κ3) is 3.05. The summed E-state index contributed by atoms with van der Waals surface area (Å²) in [4.78, 5) is 19.8. The first-order valence-electron chi connectivity index (χ1n) is 9.39. The molecule has 4 nitrogen and oxygen atoms in total. The van der Waals surface area contributed by atoms with Crippen LogP contribution in [0.5, 0.6) is 0 Å². The predicted molar refractivity (Wildman–Crippen MR) is 116 cm³/mol. The number of aromatic amines is 1. The maximum atomic E-state index is 11.6. The quantitative estimate of drug-likeness (QED) is 0.402. The van der Waals surface area contributed by atoms with Gasteiger partial charge in [-0.25, -0.2) is 9.78 Å². The Morgan fingerprint density at radius 1 is 0.862 bits per heavy atom. The van der Waals surface area contributed by atoms with Crippen molar-refractivity contribution in [2.75, 3.05) is 7.11 Å². The van der Waals surface area contributed by atoms with E-state index in [1.54, 1.807) is 12.1 Å². The molecule has 1 heterocycles. The standard InChI is InChI=1S/C25H18N2O2/c1-29-25(28)17-11-9-16(10-12-17)18-13-14-20-19(15-18)5-4-6-21(20)24-26-22-7-2-3-8-23(22)27-24/h2-15H,1H3,(H,26,27). The monoisotopic (exact) mass is 378 g/mol. The van der Waals surface area contributed by atoms with Gasteiger partial charge >= 0.3 is 5.97 Å². The van der Waals surface area contributed by atoms with Gasteiger partial charge in [0, 0.05) is 5.56 Å². The van der Waals surface area contributed by atoms with Crippen LogP contribution in [0.4, 0.5) is 0 Å². The van der Waals surface area contributed by atoms with E-state index in [1.807, 2.05) is 36.4 Å². The number of nitrogens with one attached hydrogen (secondary N) is 1. The molecule has 5 rings (SSSR count). The Bertz CT molecular complexity index is 1320. The van der Waals surface area contributed by atoms with Crippen LogP contribution in [0.1, 0.15) is 10.4 Å². The number of ether oxygens (including phenoxy) is 1. The van der Waals surface area contributed by atoms with Crippen LogP contribution >= 0.6 is 0 Å². The highest BCUT2D eigenvalue weighted by molar-refractivity contribution is 5.98. The van der Waals surface area contributed by atoms with Gasteiger partial charge in [0.25, 0.3) is 0 Å².